The second-order valence-electron chi connectivity index (χ2n) is 4.86. The van der Waals surface area contributed by atoms with Gasteiger partial charge in [0.15, 0.2) is 9.84 Å². The van der Waals surface area contributed by atoms with E-state index in [2.05, 4.69) is 18.3 Å². The fourth-order valence-electron chi connectivity index (χ4n) is 2.62. The van der Waals surface area contributed by atoms with Crippen LogP contribution in [0.3, 0.4) is 0 Å². The second kappa shape index (κ2) is 5.40. The van der Waals surface area contributed by atoms with Gasteiger partial charge >= 0.3 is 0 Å². The van der Waals surface area contributed by atoms with Gasteiger partial charge in [0.05, 0.1) is 24.2 Å². The Balaban J connectivity index is 1.94. The van der Waals surface area contributed by atoms with E-state index in [0.717, 1.165) is 38.2 Å². The number of nitrogens with one attached hydrogen (secondary N) is 1. The molecule has 2 rings (SSSR count). The van der Waals surface area contributed by atoms with Crippen LogP contribution >= 0.6 is 0 Å². The van der Waals surface area contributed by atoms with Crippen molar-refractivity contribution in [2.24, 2.45) is 5.92 Å². The van der Waals surface area contributed by atoms with E-state index in [1.54, 1.807) is 0 Å². The molecule has 0 saturated carbocycles. The molecule has 0 aromatic rings. The monoisotopic (exact) mass is 259 g/mol. The van der Waals surface area contributed by atoms with Gasteiger partial charge in [0.2, 0.25) is 0 Å². The van der Waals surface area contributed by atoms with Crippen LogP contribution in [0.4, 0.5) is 0 Å². The van der Waals surface area contributed by atoms with Gasteiger partial charge in [-0.2, -0.15) is 0 Å². The van der Waals surface area contributed by atoms with E-state index in [0.29, 0.717) is 11.5 Å². The second-order valence-corrected chi connectivity index (χ2v) is 7.09. The minimum atomic E-state index is -2.77. The van der Waals surface area contributed by atoms with Gasteiger partial charge in [0.25, 0.3) is 0 Å². The quantitative estimate of drug-likeness (QED) is 0.803. The van der Waals surface area contributed by atoms with Crippen molar-refractivity contribution in [2.45, 2.75) is 32.2 Å². The number of ether oxygens (including phenoxy) is 1. The summed E-state index contributed by atoms with van der Waals surface area (Å²) in [5.41, 5.74) is 0. The molecule has 0 bridgehead atoms. The van der Waals surface area contributed by atoms with E-state index in [-0.39, 0.29) is 12.0 Å². The third-order valence-electron chi connectivity index (χ3n) is 3.42. The maximum Gasteiger partial charge on any atom is 0.150 e. The van der Waals surface area contributed by atoms with Crippen molar-refractivity contribution in [3.63, 3.8) is 0 Å². The summed E-state index contributed by atoms with van der Waals surface area (Å²) in [6.45, 7) is 3.71. The molecule has 2 atom stereocenters. The third kappa shape index (κ3) is 3.45. The Hall–Kier alpha value is -0.550. The highest BCUT2D eigenvalue weighted by molar-refractivity contribution is 7.91. The van der Waals surface area contributed by atoms with Crippen LogP contribution in [0.5, 0.6) is 0 Å². The van der Waals surface area contributed by atoms with Crippen LogP contribution in [0, 0.1) is 5.92 Å². The van der Waals surface area contributed by atoms with E-state index >= 15 is 0 Å². The van der Waals surface area contributed by atoms with Crippen LogP contribution in [-0.4, -0.2) is 39.1 Å². The zero-order valence-corrected chi connectivity index (χ0v) is 11.1. The lowest BCUT2D eigenvalue weighted by Crippen LogP contribution is -2.33. The number of rotatable bonds is 5. The van der Waals surface area contributed by atoms with Gasteiger partial charge in [-0.15, -0.1) is 0 Å². The topological polar surface area (TPSA) is 55.4 Å². The molecule has 1 saturated heterocycles. The molecule has 2 aliphatic rings. The molecular weight excluding hydrogens is 238 g/mol. The van der Waals surface area contributed by atoms with E-state index in [4.69, 9.17) is 4.74 Å². The van der Waals surface area contributed by atoms with Gasteiger partial charge in [-0.3, -0.25) is 0 Å². The summed E-state index contributed by atoms with van der Waals surface area (Å²) in [4.78, 5) is 0. The molecular formula is C12H21NO3S. The molecule has 2 aliphatic heterocycles. The smallest absolute Gasteiger partial charge is 0.150 e. The van der Waals surface area contributed by atoms with E-state index in [9.17, 15) is 8.42 Å². The average Bonchev–Trinajstić information content (AvgIpc) is 2.87. The molecule has 0 aliphatic carbocycles. The number of likely N-dealkylation sites (N-methyl/N-ethyl adjacent to an activating group) is 1. The minimum Gasteiger partial charge on any atom is -0.496 e. The predicted molar refractivity (Wildman–Crippen MR) is 67.5 cm³/mol. The molecule has 0 aromatic heterocycles. The van der Waals surface area contributed by atoms with Crippen molar-refractivity contribution in [3.05, 3.63) is 11.8 Å². The highest BCUT2D eigenvalue weighted by Crippen LogP contribution is 2.26. The van der Waals surface area contributed by atoms with Crippen molar-refractivity contribution >= 4 is 9.84 Å². The maximum atomic E-state index is 11.4. The first-order valence-electron chi connectivity index (χ1n) is 6.37. The molecule has 2 heterocycles. The Labute approximate surface area is 103 Å². The first-order valence-corrected chi connectivity index (χ1v) is 8.19. The minimum absolute atomic E-state index is 0.195. The van der Waals surface area contributed by atoms with Crippen molar-refractivity contribution in [2.75, 3.05) is 24.7 Å². The highest BCUT2D eigenvalue weighted by atomic mass is 32.2. The van der Waals surface area contributed by atoms with Crippen LogP contribution in [0.25, 0.3) is 0 Å². The van der Waals surface area contributed by atoms with Crippen LogP contribution in [-0.2, 0) is 14.6 Å². The summed E-state index contributed by atoms with van der Waals surface area (Å²) in [6.07, 6.45) is 4.77. The largest absolute Gasteiger partial charge is 0.496 e. The summed E-state index contributed by atoms with van der Waals surface area (Å²) in [5.74, 6) is 2.00. The molecule has 17 heavy (non-hydrogen) atoms. The molecule has 0 radical (unpaired) electrons. The van der Waals surface area contributed by atoms with E-state index in [1.807, 2.05) is 0 Å². The lowest BCUT2D eigenvalue weighted by Gasteiger charge is -2.21. The van der Waals surface area contributed by atoms with Crippen LogP contribution < -0.4 is 5.32 Å². The molecule has 4 nitrogen and oxygen atoms in total. The van der Waals surface area contributed by atoms with E-state index in [1.165, 1.54) is 0 Å². The Bertz CT molecular complexity index is 389. The molecule has 2 unspecified atom stereocenters. The van der Waals surface area contributed by atoms with Crippen LogP contribution in [0.1, 0.15) is 26.2 Å². The molecule has 5 heteroatoms. The maximum absolute atomic E-state index is 11.4. The zero-order valence-electron chi connectivity index (χ0n) is 10.3. The molecule has 0 aromatic carbocycles. The Morgan fingerprint density at radius 3 is 2.94 bits per heavy atom. The third-order valence-corrected chi connectivity index (χ3v) is 5.26. The fourth-order valence-corrected chi connectivity index (χ4v) is 4.50. The van der Waals surface area contributed by atoms with Gasteiger partial charge in [-0.1, -0.05) is 6.92 Å². The van der Waals surface area contributed by atoms with Crippen molar-refractivity contribution in [1.29, 1.82) is 0 Å². The van der Waals surface area contributed by atoms with Crippen molar-refractivity contribution < 1.29 is 13.2 Å². The van der Waals surface area contributed by atoms with Gasteiger partial charge in [0.1, 0.15) is 5.76 Å². The fraction of sp³-hybridized carbons (Fsp3) is 0.833. The highest BCUT2D eigenvalue weighted by Gasteiger charge is 2.31. The first kappa shape index (κ1) is 12.9. The lowest BCUT2D eigenvalue weighted by atomic mass is 9.98. The number of hydrogen-bond acceptors (Lipinski definition) is 4. The van der Waals surface area contributed by atoms with Crippen LogP contribution in [0.15, 0.2) is 11.8 Å². The Kier molecular flexibility index (Phi) is 4.09. The zero-order chi connectivity index (χ0) is 12.3. The SMILES string of the molecule is CCNC(CC1CCS(=O)(=O)C1)C1=CCCO1. The molecule has 98 valence electrons. The number of hydrogen-bond donors (Lipinski definition) is 1. The summed E-state index contributed by atoms with van der Waals surface area (Å²) in [6, 6.07) is 0.195. The summed E-state index contributed by atoms with van der Waals surface area (Å²) >= 11 is 0. The van der Waals surface area contributed by atoms with E-state index < -0.39 is 9.84 Å². The summed E-state index contributed by atoms with van der Waals surface area (Å²) in [5, 5.41) is 3.39. The van der Waals surface area contributed by atoms with Crippen molar-refractivity contribution in [3.8, 4) is 0 Å². The molecule has 0 spiro atoms. The summed E-state index contributed by atoms with van der Waals surface area (Å²) in [7, 11) is -2.77. The molecule has 0 amide bonds. The van der Waals surface area contributed by atoms with Crippen LogP contribution in [0.2, 0.25) is 0 Å². The Morgan fingerprint density at radius 1 is 1.59 bits per heavy atom. The van der Waals surface area contributed by atoms with Gasteiger partial charge in [-0.05, 0) is 31.4 Å². The average molecular weight is 259 g/mol. The van der Waals surface area contributed by atoms with Gasteiger partial charge in [0, 0.05) is 6.42 Å². The van der Waals surface area contributed by atoms with Crippen molar-refractivity contribution in [1.82, 2.24) is 5.32 Å². The lowest BCUT2D eigenvalue weighted by molar-refractivity contribution is 0.206. The number of sulfone groups is 1. The Morgan fingerprint density at radius 2 is 2.41 bits per heavy atom. The van der Waals surface area contributed by atoms with Gasteiger partial charge in [-0.25, -0.2) is 8.42 Å². The van der Waals surface area contributed by atoms with Gasteiger partial charge < -0.3 is 10.1 Å². The molecule has 1 fully saturated rings. The molecule has 1 N–H and O–H groups in total. The predicted octanol–water partition coefficient (Wildman–Crippen LogP) is 1.09. The standard InChI is InChI=1S/C12H21NO3S/c1-2-13-11(12-4-3-6-16-12)8-10-5-7-17(14,15)9-10/h4,10-11,13H,2-3,5-9H2,1H3. The normalized spacial score (nSPS) is 28.8. The summed E-state index contributed by atoms with van der Waals surface area (Å²) < 4.78 is 28.4. The first-order chi connectivity index (χ1) is 8.11.